The largest absolute Gasteiger partial charge is 0.507 e. The van der Waals surface area contributed by atoms with Gasteiger partial charge in [-0.1, -0.05) is 77.0 Å². The molecule has 5 rings (SSSR count). The van der Waals surface area contributed by atoms with E-state index in [1.165, 1.54) is 83.1 Å². The van der Waals surface area contributed by atoms with Crippen LogP contribution in [0, 0.1) is 11.8 Å². The SMILES string of the molecule is CCN(CC)C1=CC(=O)/C(=C2\C(=O)C(c3ccc(N(CCCCC4CCCC4)CCCCC4CCCC4)cc3O)=C2O)C=C1. The Balaban J connectivity index is 1.28. The number of aliphatic hydroxyl groups excluding tert-OH is 1. The molecule has 0 spiro atoms. The van der Waals surface area contributed by atoms with E-state index in [1.807, 2.05) is 26.0 Å². The van der Waals surface area contributed by atoms with Crippen LogP contribution in [0.15, 0.2) is 59.0 Å². The Morgan fingerprint density at radius 1 is 0.750 bits per heavy atom. The zero-order valence-electron chi connectivity index (χ0n) is 27.0. The number of phenolic OH excluding ortho intramolecular Hbond substituents is 1. The van der Waals surface area contributed by atoms with E-state index in [0.717, 1.165) is 62.2 Å². The van der Waals surface area contributed by atoms with Crippen molar-refractivity contribution < 1.29 is 19.8 Å². The molecule has 1 aromatic rings. The Kier molecular flexibility index (Phi) is 11.1. The summed E-state index contributed by atoms with van der Waals surface area (Å²) in [4.78, 5) is 30.6. The molecule has 0 unspecified atom stereocenters. The van der Waals surface area contributed by atoms with Crippen molar-refractivity contribution in [1.82, 2.24) is 4.90 Å². The quantitative estimate of drug-likeness (QED) is 0.155. The molecule has 2 N–H and O–H groups in total. The normalized spacial score (nSPS) is 20.9. The summed E-state index contributed by atoms with van der Waals surface area (Å²) in [5, 5.41) is 22.1. The van der Waals surface area contributed by atoms with Crippen molar-refractivity contribution in [3.05, 3.63) is 64.6 Å². The van der Waals surface area contributed by atoms with Gasteiger partial charge >= 0.3 is 0 Å². The molecule has 6 nitrogen and oxygen atoms in total. The summed E-state index contributed by atoms with van der Waals surface area (Å²) >= 11 is 0. The van der Waals surface area contributed by atoms with Crippen molar-refractivity contribution in [2.24, 2.45) is 11.8 Å². The number of benzene rings is 1. The monoisotopic (exact) mass is 600 g/mol. The summed E-state index contributed by atoms with van der Waals surface area (Å²) < 4.78 is 0. The molecule has 0 bridgehead atoms. The lowest BCUT2D eigenvalue weighted by Crippen LogP contribution is -2.27. The van der Waals surface area contributed by atoms with Crippen LogP contribution in [0.25, 0.3) is 5.57 Å². The number of rotatable bonds is 15. The standard InChI is InChI=1S/C38H52N2O4/c1-3-39(4-2)29-19-21-31(33(41)25-29)35-37(43)36(38(35)44)32-22-20-30(26-34(32)42)40(23-11-9-17-27-13-5-6-14-27)24-12-10-18-28-15-7-8-16-28/h19-22,25-28,42-43H,3-18,23-24H2,1-2H3/b35-31-. The van der Waals surface area contributed by atoms with Gasteiger partial charge in [-0.2, -0.15) is 0 Å². The van der Waals surface area contributed by atoms with Gasteiger partial charge in [0.2, 0.25) is 5.78 Å². The van der Waals surface area contributed by atoms with Crippen LogP contribution in [0.5, 0.6) is 5.75 Å². The van der Waals surface area contributed by atoms with Crippen molar-refractivity contribution >= 4 is 22.8 Å². The highest BCUT2D eigenvalue weighted by atomic mass is 16.3. The number of carbonyl (C=O) groups excluding carboxylic acids is 2. The van der Waals surface area contributed by atoms with Crippen molar-refractivity contribution in [3.8, 4) is 5.75 Å². The average molecular weight is 601 g/mol. The van der Waals surface area contributed by atoms with E-state index in [2.05, 4.69) is 9.80 Å². The first kappa shape index (κ1) is 32.1. The Morgan fingerprint density at radius 2 is 1.34 bits per heavy atom. The number of hydrogen-bond donors (Lipinski definition) is 2. The minimum atomic E-state index is -0.408. The Labute approximate surface area is 264 Å². The number of allylic oxidation sites excluding steroid dienone is 6. The Bertz CT molecular complexity index is 1300. The molecular weight excluding hydrogens is 548 g/mol. The lowest BCUT2D eigenvalue weighted by molar-refractivity contribution is -0.114. The minimum Gasteiger partial charge on any atom is -0.507 e. The molecule has 0 saturated heterocycles. The van der Waals surface area contributed by atoms with Gasteiger partial charge in [0.05, 0.1) is 11.1 Å². The fourth-order valence-corrected chi connectivity index (χ4v) is 7.77. The van der Waals surface area contributed by atoms with E-state index in [9.17, 15) is 19.8 Å². The average Bonchev–Trinajstić information content (AvgIpc) is 3.74. The highest BCUT2D eigenvalue weighted by Gasteiger charge is 2.39. The summed E-state index contributed by atoms with van der Waals surface area (Å²) in [5.74, 6) is 0.866. The molecule has 6 heteroatoms. The first-order valence-corrected chi connectivity index (χ1v) is 17.4. The number of Topliss-reactive ketones (excluding diaryl/α,β-unsaturated/α-hetero) is 1. The molecule has 0 aromatic heterocycles. The second kappa shape index (κ2) is 15.1. The third-order valence-corrected chi connectivity index (χ3v) is 10.4. The maximum atomic E-state index is 13.3. The maximum absolute atomic E-state index is 13.3. The van der Waals surface area contributed by atoms with E-state index in [-0.39, 0.29) is 34.0 Å². The van der Waals surface area contributed by atoms with Crippen LogP contribution in [0.1, 0.15) is 109 Å². The number of ketones is 2. The number of unbranched alkanes of at least 4 members (excludes halogenated alkanes) is 2. The zero-order valence-corrected chi connectivity index (χ0v) is 27.0. The van der Waals surface area contributed by atoms with E-state index in [4.69, 9.17) is 0 Å². The van der Waals surface area contributed by atoms with E-state index in [0.29, 0.717) is 5.56 Å². The van der Waals surface area contributed by atoms with Crippen LogP contribution in [0.4, 0.5) is 5.69 Å². The van der Waals surface area contributed by atoms with Crippen molar-refractivity contribution in [2.75, 3.05) is 31.1 Å². The summed E-state index contributed by atoms with van der Waals surface area (Å²) in [6.45, 7) is 7.50. The van der Waals surface area contributed by atoms with Crippen LogP contribution in [0.3, 0.4) is 0 Å². The number of aliphatic hydroxyl groups is 1. The summed E-state index contributed by atoms with van der Waals surface area (Å²) in [6.07, 6.45) is 23.4. The molecule has 238 valence electrons. The molecule has 0 amide bonds. The number of aromatic hydroxyl groups is 1. The van der Waals surface area contributed by atoms with Gasteiger partial charge in [0.15, 0.2) is 5.78 Å². The number of nitrogens with zero attached hydrogens (tertiary/aromatic N) is 2. The summed E-state index contributed by atoms with van der Waals surface area (Å²) in [7, 11) is 0. The highest BCUT2D eigenvalue weighted by molar-refractivity contribution is 6.41. The van der Waals surface area contributed by atoms with Gasteiger partial charge in [0.25, 0.3) is 0 Å². The predicted octanol–water partition coefficient (Wildman–Crippen LogP) is 8.43. The van der Waals surface area contributed by atoms with Gasteiger partial charge in [0.1, 0.15) is 11.5 Å². The van der Waals surface area contributed by atoms with Crippen LogP contribution < -0.4 is 4.90 Å². The lowest BCUT2D eigenvalue weighted by Gasteiger charge is -2.28. The first-order chi connectivity index (χ1) is 21.4. The third-order valence-electron chi connectivity index (χ3n) is 10.4. The molecule has 4 aliphatic rings. The number of hydrogen-bond acceptors (Lipinski definition) is 6. The molecule has 0 atom stereocenters. The zero-order chi connectivity index (χ0) is 31.1. The van der Waals surface area contributed by atoms with E-state index >= 15 is 0 Å². The second-order valence-corrected chi connectivity index (χ2v) is 13.3. The minimum absolute atomic E-state index is 0.0161. The van der Waals surface area contributed by atoms with Gasteiger partial charge in [-0.25, -0.2) is 0 Å². The number of likely N-dealkylation sites (N-methyl/N-ethyl adjacent to an activating group) is 1. The lowest BCUT2D eigenvalue weighted by atomic mass is 9.79. The van der Waals surface area contributed by atoms with Crippen molar-refractivity contribution in [3.63, 3.8) is 0 Å². The van der Waals surface area contributed by atoms with Gasteiger partial charge in [-0.3, -0.25) is 9.59 Å². The van der Waals surface area contributed by atoms with Gasteiger partial charge in [-0.05, 0) is 62.8 Å². The third kappa shape index (κ3) is 7.33. The summed E-state index contributed by atoms with van der Waals surface area (Å²) in [6, 6.07) is 5.45. The van der Waals surface area contributed by atoms with E-state index in [1.54, 1.807) is 18.2 Å². The van der Waals surface area contributed by atoms with Crippen LogP contribution in [-0.4, -0.2) is 52.9 Å². The Morgan fingerprint density at radius 3 is 1.84 bits per heavy atom. The smallest absolute Gasteiger partial charge is 0.202 e. The van der Waals surface area contributed by atoms with Crippen LogP contribution in [0.2, 0.25) is 0 Å². The first-order valence-electron chi connectivity index (χ1n) is 17.4. The molecule has 0 aliphatic heterocycles. The summed E-state index contributed by atoms with van der Waals surface area (Å²) in [5.41, 5.74) is 2.38. The van der Waals surface area contributed by atoms with E-state index < -0.39 is 5.78 Å². The maximum Gasteiger partial charge on any atom is 0.202 e. The van der Waals surface area contributed by atoms with Crippen molar-refractivity contribution in [2.45, 2.75) is 104 Å². The fourth-order valence-electron chi connectivity index (χ4n) is 7.77. The van der Waals surface area contributed by atoms with Crippen molar-refractivity contribution in [1.29, 1.82) is 0 Å². The second-order valence-electron chi connectivity index (χ2n) is 13.3. The molecule has 44 heavy (non-hydrogen) atoms. The molecule has 0 heterocycles. The molecule has 4 aliphatic carbocycles. The van der Waals surface area contributed by atoms with Gasteiger partial charge in [-0.15, -0.1) is 0 Å². The predicted molar refractivity (Wildman–Crippen MR) is 179 cm³/mol. The molecule has 1 aromatic carbocycles. The number of anilines is 1. The number of carbonyl (C=O) groups is 2. The fraction of sp³-hybridized carbons (Fsp3) is 0.579. The van der Waals surface area contributed by atoms with Crippen LogP contribution >= 0.6 is 0 Å². The van der Waals surface area contributed by atoms with Gasteiger partial charge < -0.3 is 20.0 Å². The highest BCUT2D eigenvalue weighted by Crippen LogP contribution is 2.43. The molecule has 2 fully saturated rings. The number of phenols is 1. The molecule has 2 saturated carbocycles. The van der Waals surface area contributed by atoms with Gasteiger partial charge in [0, 0.05) is 60.8 Å². The topological polar surface area (TPSA) is 81.1 Å². The molecular formula is C38H52N2O4. The molecule has 0 radical (unpaired) electrons. The van der Waals surface area contributed by atoms with Crippen LogP contribution in [-0.2, 0) is 9.59 Å². The Hall–Kier alpha value is -3.28.